The normalized spacial score (nSPS) is 13.0. The zero-order valence-corrected chi connectivity index (χ0v) is 15.7. The molecule has 0 aliphatic carbocycles. The van der Waals surface area contributed by atoms with E-state index in [-0.39, 0.29) is 17.2 Å². The van der Waals surface area contributed by atoms with Gasteiger partial charge in [-0.3, -0.25) is 4.72 Å². The fourth-order valence-electron chi connectivity index (χ4n) is 2.59. The number of hydrogen-bond acceptors (Lipinski definition) is 4. The summed E-state index contributed by atoms with van der Waals surface area (Å²) in [5.41, 5.74) is 2.47. The summed E-state index contributed by atoms with van der Waals surface area (Å²) in [6.45, 7) is 13.9. The van der Waals surface area contributed by atoms with Crippen molar-refractivity contribution in [3.63, 3.8) is 0 Å². The molecule has 0 radical (unpaired) electrons. The zero-order chi connectivity index (χ0) is 17.6. The molecule has 0 atom stereocenters. The largest absolute Gasteiger partial charge is 0.307 e. The highest BCUT2D eigenvalue weighted by atomic mass is 32.2. The van der Waals surface area contributed by atoms with Gasteiger partial charge in [-0.2, -0.15) is 0 Å². The molecule has 23 heavy (non-hydrogen) atoms. The number of nitrogens with one attached hydrogen (secondary N) is 1. The van der Waals surface area contributed by atoms with Crippen LogP contribution in [0.4, 0.5) is 5.69 Å². The molecule has 0 aliphatic heterocycles. The average Bonchev–Trinajstić information content (AvgIpc) is 2.74. The molecule has 128 valence electrons. The standard InChI is InChI=1S/C16H26N4O2S/c1-8-23(21,22)19-13-9-12(10(2)3)18-15-14(13)17-11(4)20(15)16(5,6)7/h9-10H,8H2,1-7H3,(H,18,19). The topological polar surface area (TPSA) is 76.9 Å². The third kappa shape index (κ3) is 3.49. The summed E-state index contributed by atoms with van der Waals surface area (Å²) in [6, 6.07) is 1.79. The van der Waals surface area contributed by atoms with E-state index in [1.165, 1.54) is 0 Å². The quantitative estimate of drug-likeness (QED) is 0.927. The van der Waals surface area contributed by atoms with Gasteiger partial charge in [0.1, 0.15) is 11.3 Å². The minimum Gasteiger partial charge on any atom is -0.307 e. The summed E-state index contributed by atoms with van der Waals surface area (Å²) >= 11 is 0. The van der Waals surface area contributed by atoms with Gasteiger partial charge >= 0.3 is 0 Å². The van der Waals surface area contributed by atoms with Crippen molar-refractivity contribution in [1.29, 1.82) is 0 Å². The lowest BCUT2D eigenvalue weighted by molar-refractivity contribution is 0.397. The van der Waals surface area contributed by atoms with Crippen LogP contribution in [0.1, 0.15) is 59.0 Å². The molecule has 2 aromatic heterocycles. The van der Waals surface area contributed by atoms with E-state index in [1.807, 2.05) is 20.8 Å². The Morgan fingerprint density at radius 1 is 1.26 bits per heavy atom. The Morgan fingerprint density at radius 2 is 1.87 bits per heavy atom. The van der Waals surface area contributed by atoms with Gasteiger partial charge in [0.2, 0.25) is 10.0 Å². The van der Waals surface area contributed by atoms with E-state index in [0.29, 0.717) is 11.2 Å². The van der Waals surface area contributed by atoms with E-state index >= 15 is 0 Å². The molecule has 0 amide bonds. The van der Waals surface area contributed by atoms with Crippen LogP contribution in [0.5, 0.6) is 0 Å². The van der Waals surface area contributed by atoms with Gasteiger partial charge in [0.05, 0.1) is 11.4 Å². The van der Waals surface area contributed by atoms with Gasteiger partial charge in [-0.15, -0.1) is 0 Å². The molecule has 7 heteroatoms. The number of nitrogens with zero attached hydrogens (tertiary/aromatic N) is 3. The number of rotatable bonds is 4. The Kier molecular flexibility index (Phi) is 4.45. The van der Waals surface area contributed by atoms with Crippen LogP contribution >= 0.6 is 0 Å². The third-order valence-corrected chi connectivity index (χ3v) is 5.00. The number of aromatic nitrogens is 3. The van der Waals surface area contributed by atoms with Crippen LogP contribution in [0.3, 0.4) is 0 Å². The van der Waals surface area contributed by atoms with E-state index in [2.05, 4.69) is 35.0 Å². The molecule has 0 saturated carbocycles. The molecule has 0 bridgehead atoms. The molecule has 0 saturated heterocycles. The second-order valence-electron chi connectivity index (χ2n) is 7.09. The van der Waals surface area contributed by atoms with Crippen LogP contribution in [0.2, 0.25) is 0 Å². The van der Waals surface area contributed by atoms with Crippen molar-refractivity contribution < 1.29 is 8.42 Å². The fourth-order valence-corrected chi connectivity index (χ4v) is 3.23. The fraction of sp³-hybridized carbons (Fsp3) is 0.625. The van der Waals surface area contributed by atoms with Crippen LogP contribution in [0.15, 0.2) is 6.07 Å². The highest BCUT2D eigenvalue weighted by Gasteiger charge is 2.24. The van der Waals surface area contributed by atoms with Crippen LogP contribution in [-0.2, 0) is 15.6 Å². The van der Waals surface area contributed by atoms with E-state index in [4.69, 9.17) is 4.98 Å². The molecule has 0 unspecified atom stereocenters. The number of pyridine rings is 1. The first-order chi connectivity index (χ1) is 10.5. The smallest absolute Gasteiger partial charge is 0.232 e. The van der Waals surface area contributed by atoms with Gasteiger partial charge in [0, 0.05) is 11.2 Å². The van der Waals surface area contributed by atoms with E-state index in [9.17, 15) is 8.42 Å². The first-order valence-electron chi connectivity index (χ1n) is 7.87. The van der Waals surface area contributed by atoms with Crippen molar-refractivity contribution in [1.82, 2.24) is 14.5 Å². The monoisotopic (exact) mass is 338 g/mol. The lowest BCUT2D eigenvalue weighted by atomic mass is 10.1. The van der Waals surface area contributed by atoms with Crippen LogP contribution in [0.25, 0.3) is 11.2 Å². The molecule has 0 fully saturated rings. The van der Waals surface area contributed by atoms with E-state index in [1.54, 1.807) is 13.0 Å². The maximum Gasteiger partial charge on any atom is 0.232 e. The highest BCUT2D eigenvalue weighted by Crippen LogP contribution is 2.31. The van der Waals surface area contributed by atoms with E-state index < -0.39 is 10.0 Å². The van der Waals surface area contributed by atoms with Gasteiger partial charge in [-0.25, -0.2) is 18.4 Å². The minimum absolute atomic E-state index is 0.0206. The Morgan fingerprint density at radius 3 is 2.35 bits per heavy atom. The number of fused-ring (bicyclic) bond motifs is 1. The maximum absolute atomic E-state index is 12.0. The maximum atomic E-state index is 12.0. The molecular weight excluding hydrogens is 312 g/mol. The van der Waals surface area contributed by atoms with Gasteiger partial charge in [0.25, 0.3) is 0 Å². The Hall–Kier alpha value is -1.63. The summed E-state index contributed by atoms with van der Waals surface area (Å²) in [5.74, 6) is 1.03. The predicted molar refractivity (Wildman–Crippen MR) is 94.4 cm³/mol. The molecule has 2 rings (SSSR count). The Balaban J connectivity index is 2.81. The number of aryl methyl sites for hydroxylation is 1. The summed E-state index contributed by atoms with van der Waals surface area (Å²) in [6.07, 6.45) is 0. The molecule has 6 nitrogen and oxygen atoms in total. The summed E-state index contributed by atoms with van der Waals surface area (Å²) in [7, 11) is -3.37. The van der Waals surface area contributed by atoms with Crippen LogP contribution < -0.4 is 4.72 Å². The second-order valence-corrected chi connectivity index (χ2v) is 9.10. The van der Waals surface area contributed by atoms with Crippen molar-refractivity contribution in [2.75, 3.05) is 10.5 Å². The van der Waals surface area contributed by atoms with Crippen molar-refractivity contribution in [2.45, 2.75) is 59.9 Å². The van der Waals surface area contributed by atoms with E-state index in [0.717, 1.165) is 17.2 Å². The third-order valence-electron chi connectivity index (χ3n) is 3.71. The molecular formula is C16H26N4O2S. The van der Waals surface area contributed by atoms with Crippen molar-refractivity contribution in [3.8, 4) is 0 Å². The van der Waals surface area contributed by atoms with Crippen LogP contribution in [0, 0.1) is 6.92 Å². The highest BCUT2D eigenvalue weighted by molar-refractivity contribution is 7.92. The van der Waals surface area contributed by atoms with Crippen LogP contribution in [-0.4, -0.2) is 28.7 Å². The Labute approximate surface area is 138 Å². The number of anilines is 1. The lowest BCUT2D eigenvalue weighted by Gasteiger charge is -2.23. The molecule has 1 N–H and O–H groups in total. The number of imidazole rings is 1. The average molecular weight is 338 g/mol. The number of sulfonamides is 1. The van der Waals surface area contributed by atoms with Crippen molar-refractivity contribution >= 4 is 26.9 Å². The first kappa shape index (κ1) is 17.7. The predicted octanol–water partition coefficient (Wildman–Crippen LogP) is 3.38. The van der Waals surface area contributed by atoms with Gasteiger partial charge in [0.15, 0.2) is 5.65 Å². The second kappa shape index (κ2) is 5.78. The minimum atomic E-state index is -3.37. The summed E-state index contributed by atoms with van der Waals surface area (Å²) < 4.78 is 28.7. The Bertz CT molecular complexity index is 830. The number of hydrogen-bond donors (Lipinski definition) is 1. The van der Waals surface area contributed by atoms with Gasteiger partial charge in [-0.05, 0) is 46.6 Å². The van der Waals surface area contributed by atoms with Gasteiger partial charge in [-0.1, -0.05) is 13.8 Å². The molecule has 0 aromatic carbocycles. The molecule has 0 aliphatic rings. The summed E-state index contributed by atoms with van der Waals surface area (Å²) in [5, 5.41) is 0. The SMILES string of the molecule is CCS(=O)(=O)Nc1cc(C(C)C)nc2c1nc(C)n2C(C)(C)C. The summed E-state index contributed by atoms with van der Waals surface area (Å²) in [4.78, 5) is 9.32. The van der Waals surface area contributed by atoms with Crippen molar-refractivity contribution in [2.24, 2.45) is 0 Å². The molecule has 0 spiro atoms. The molecule has 2 aromatic rings. The lowest BCUT2D eigenvalue weighted by Crippen LogP contribution is -2.23. The van der Waals surface area contributed by atoms with Crippen molar-refractivity contribution in [3.05, 3.63) is 17.6 Å². The molecule has 2 heterocycles. The zero-order valence-electron chi connectivity index (χ0n) is 14.9. The first-order valence-corrected chi connectivity index (χ1v) is 9.52. The van der Waals surface area contributed by atoms with Gasteiger partial charge < -0.3 is 4.57 Å².